The van der Waals surface area contributed by atoms with Crippen LogP contribution in [0.15, 0.2) is 65.8 Å². The van der Waals surface area contributed by atoms with Crippen LogP contribution in [0, 0.1) is 0 Å². The van der Waals surface area contributed by atoms with E-state index in [0.29, 0.717) is 11.4 Å². The molecule has 1 heterocycles. The number of nitrogens with zero attached hydrogens (tertiary/aromatic N) is 2. The lowest BCUT2D eigenvalue weighted by Crippen LogP contribution is -2.47. The van der Waals surface area contributed by atoms with Gasteiger partial charge in [0.15, 0.2) is 0 Å². The van der Waals surface area contributed by atoms with Gasteiger partial charge in [-0.2, -0.15) is 5.10 Å². The average Bonchev–Trinajstić information content (AvgIpc) is 2.55. The zero-order valence-corrected chi connectivity index (χ0v) is 13.3. The van der Waals surface area contributed by atoms with Crippen LogP contribution in [0.5, 0.6) is 0 Å². The minimum atomic E-state index is -1.29. The summed E-state index contributed by atoms with van der Waals surface area (Å²) in [6, 6.07) is 18.4. The molecule has 0 atom stereocenters. The molecule has 1 aliphatic rings. The zero-order valence-electron chi connectivity index (χ0n) is 13.3. The van der Waals surface area contributed by atoms with Crippen LogP contribution in [-0.4, -0.2) is 23.4 Å². The molecule has 6 heteroatoms. The number of cyclic esters (lactones) is 2. The highest BCUT2D eigenvalue weighted by Crippen LogP contribution is 2.26. The Bertz CT molecular complexity index is 724. The molecule has 2 aromatic carbocycles. The fraction of sp³-hybridized carbons (Fsp3) is 0.167. The van der Waals surface area contributed by atoms with Gasteiger partial charge in [0.05, 0.1) is 11.4 Å². The second-order valence-corrected chi connectivity index (χ2v) is 5.61. The van der Waals surface area contributed by atoms with E-state index in [4.69, 9.17) is 9.47 Å². The van der Waals surface area contributed by atoms with Gasteiger partial charge in [-0.25, -0.2) is 14.6 Å². The molecule has 6 nitrogen and oxygen atoms in total. The maximum absolute atomic E-state index is 12.1. The first-order valence-corrected chi connectivity index (χ1v) is 7.42. The number of hydrazone groups is 1. The van der Waals surface area contributed by atoms with Crippen molar-refractivity contribution in [3.63, 3.8) is 0 Å². The normalized spacial score (nSPS) is 16.2. The molecule has 1 fully saturated rings. The molecule has 122 valence electrons. The number of para-hydroxylation sites is 2. The van der Waals surface area contributed by atoms with Crippen molar-refractivity contribution in [2.24, 2.45) is 5.10 Å². The second kappa shape index (κ2) is 6.16. The summed E-state index contributed by atoms with van der Waals surface area (Å²) >= 11 is 0. The highest BCUT2D eigenvalue weighted by atomic mass is 16.7. The number of anilines is 2. The lowest BCUT2D eigenvalue weighted by molar-refractivity contribution is -0.214. The molecular formula is C18H16N2O4. The van der Waals surface area contributed by atoms with Crippen LogP contribution < -0.4 is 5.01 Å². The number of rotatable bonds is 3. The summed E-state index contributed by atoms with van der Waals surface area (Å²) in [5.74, 6) is -2.92. The monoisotopic (exact) mass is 324 g/mol. The number of hydrogen-bond acceptors (Lipinski definition) is 6. The minimum absolute atomic E-state index is 0.401. The van der Waals surface area contributed by atoms with E-state index in [9.17, 15) is 9.59 Å². The van der Waals surface area contributed by atoms with E-state index in [1.165, 1.54) is 18.9 Å². The quantitative estimate of drug-likeness (QED) is 0.641. The van der Waals surface area contributed by atoms with Crippen molar-refractivity contribution in [3.05, 3.63) is 60.7 Å². The van der Waals surface area contributed by atoms with Crippen LogP contribution in [-0.2, 0) is 19.1 Å². The summed E-state index contributed by atoms with van der Waals surface area (Å²) in [7, 11) is 0. The van der Waals surface area contributed by atoms with Crippen LogP contribution in [0.2, 0.25) is 0 Å². The van der Waals surface area contributed by atoms with Gasteiger partial charge in [0.25, 0.3) is 11.5 Å². The first-order chi connectivity index (χ1) is 11.5. The van der Waals surface area contributed by atoms with Crippen molar-refractivity contribution in [3.8, 4) is 0 Å². The molecule has 0 aliphatic carbocycles. The predicted octanol–water partition coefficient (Wildman–Crippen LogP) is 3.02. The van der Waals surface area contributed by atoms with Gasteiger partial charge in [0.2, 0.25) is 0 Å². The van der Waals surface area contributed by atoms with E-state index in [0.717, 1.165) is 0 Å². The third-order valence-corrected chi connectivity index (χ3v) is 3.27. The Morgan fingerprint density at radius 1 is 0.792 bits per heavy atom. The Morgan fingerprint density at radius 3 is 1.62 bits per heavy atom. The summed E-state index contributed by atoms with van der Waals surface area (Å²) in [6.45, 7) is 2.98. The lowest BCUT2D eigenvalue weighted by atomic mass is 10.2. The van der Waals surface area contributed by atoms with Gasteiger partial charge in [0, 0.05) is 13.8 Å². The summed E-state index contributed by atoms with van der Waals surface area (Å²) in [6.07, 6.45) is 0. The molecule has 3 rings (SSSR count). The number of hydrogen-bond donors (Lipinski definition) is 0. The molecule has 0 saturated carbocycles. The molecule has 2 aromatic rings. The number of esters is 2. The third-order valence-electron chi connectivity index (χ3n) is 3.27. The molecule has 1 saturated heterocycles. The van der Waals surface area contributed by atoms with Crippen LogP contribution in [0.4, 0.5) is 11.4 Å². The van der Waals surface area contributed by atoms with Crippen molar-refractivity contribution in [2.45, 2.75) is 19.6 Å². The summed E-state index contributed by atoms with van der Waals surface area (Å²) in [5.41, 5.74) is 0.991. The largest absolute Gasteiger partial charge is 0.418 e. The van der Waals surface area contributed by atoms with Crippen molar-refractivity contribution in [1.82, 2.24) is 0 Å². The number of carbonyl (C=O) groups is 2. The SMILES string of the molecule is CC1(C)OC(=O)C(=NN(c2ccccc2)c2ccccc2)C(=O)O1. The summed E-state index contributed by atoms with van der Waals surface area (Å²) in [4.78, 5) is 24.3. The highest BCUT2D eigenvalue weighted by molar-refractivity contribution is 6.63. The molecule has 0 bridgehead atoms. The molecular weight excluding hydrogens is 308 g/mol. The molecule has 0 N–H and O–H groups in total. The van der Waals surface area contributed by atoms with Crippen LogP contribution in [0.3, 0.4) is 0 Å². The van der Waals surface area contributed by atoms with E-state index in [-0.39, 0.29) is 0 Å². The van der Waals surface area contributed by atoms with Crippen molar-refractivity contribution < 1.29 is 19.1 Å². The first kappa shape index (κ1) is 15.7. The molecule has 0 unspecified atom stereocenters. The van der Waals surface area contributed by atoms with E-state index < -0.39 is 23.4 Å². The molecule has 0 radical (unpaired) electrons. The lowest BCUT2D eigenvalue weighted by Gasteiger charge is -2.30. The maximum Gasteiger partial charge on any atom is 0.369 e. The number of carbonyl (C=O) groups excluding carboxylic acids is 2. The fourth-order valence-corrected chi connectivity index (χ4v) is 2.23. The van der Waals surface area contributed by atoms with E-state index in [1.807, 2.05) is 60.7 Å². The van der Waals surface area contributed by atoms with E-state index in [1.54, 1.807) is 0 Å². The second-order valence-electron chi connectivity index (χ2n) is 5.61. The Morgan fingerprint density at radius 2 is 1.21 bits per heavy atom. The molecule has 0 amide bonds. The number of benzene rings is 2. The smallest absolute Gasteiger partial charge is 0.369 e. The first-order valence-electron chi connectivity index (χ1n) is 7.42. The average molecular weight is 324 g/mol. The molecule has 0 spiro atoms. The zero-order chi connectivity index (χ0) is 17.2. The highest BCUT2D eigenvalue weighted by Gasteiger charge is 2.41. The third kappa shape index (κ3) is 3.27. The van der Waals surface area contributed by atoms with Crippen LogP contribution in [0.1, 0.15) is 13.8 Å². The standard InChI is InChI=1S/C18H16N2O4/c1-18(2)23-16(21)15(17(22)24-18)19-20(13-9-5-3-6-10-13)14-11-7-4-8-12-14/h3-12H,1-2H3. The molecule has 0 aromatic heterocycles. The number of ether oxygens (including phenoxy) is 2. The van der Waals surface area contributed by atoms with Gasteiger partial charge >= 0.3 is 11.9 Å². The summed E-state index contributed by atoms with van der Waals surface area (Å²) in [5, 5.41) is 5.70. The fourth-order valence-electron chi connectivity index (χ4n) is 2.23. The van der Waals surface area contributed by atoms with E-state index >= 15 is 0 Å². The van der Waals surface area contributed by atoms with Gasteiger partial charge in [-0.3, -0.25) is 0 Å². The van der Waals surface area contributed by atoms with Gasteiger partial charge in [-0.05, 0) is 24.3 Å². The molecule has 1 aliphatic heterocycles. The Kier molecular flexibility index (Phi) is 4.04. The topological polar surface area (TPSA) is 68.2 Å². The predicted molar refractivity (Wildman–Crippen MR) is 88.7 cm³/mol. The Balaban J connectivity index is 2.04. The summed E-state index contributed by atoms with van der Waals surface area (Å²) < 4.78 is 10.2. The van der Waals surface area contributed by atoms with Gasteiger partial charge in [-0.15, -0.1) is 0 Å². The molecule has 24 heavy (non-hydrogen) atoms. The maximum atomic E-state index is 12.1. The van der Waals surface area contributed by atoms with Crippen molar-refractivity contribution in [2.75, 3.05) is 5.01 Å². The minimum Gasteiger partial charge on any atom is -0.418 e. The van der Waals surface area contributed by atoms with Gasteiger partial charge in [0.1, 0.15) is 0 Å². The van der Waals surface area contributed by atoms with Gasteiger partial charge in [-0.1, -0.05) is 36.4 Å². The van der Waals surface area contributed by atoms with Crippen molar-refractivity contribution in [1.29, 1.82) is 0 Å². The Hall–Kier alpha value is -3.15. The van der Waals surface area contributed by atoms with E-state index in [2.05, 4.69) is 5.10 Å². The van der Waals surface area contributed by atoms with Crippen LogP contribution in [0.25, 0.3) is 0 Å². The van der Waals surface area contributed by atoms with Crippen LogP contribution >= 0.6 is 0 Å². The van der Waals surface area contributed by atoms with Crippen molar-refractivity contribution >= 4 is 29.0 Å². The van der Waals surface area contributed by atoms with Gasteiger partial charge < -0.3 is 9.47 Å². The Labute approximate surface area is 139 Å².